The van der Waals surface area contributed by atoms with Crippen LogP contribution in [0.4, 0.5) is 34.1 Å². The highest BCUT2D eigenvalue weighted by molar-refractivity contribution is 6.10. The van der Waals surface area contributed by atoms with E-state index in [1.165, 1.54) is 49.7 Å². The SMILES string of the molecule is c1ccc(-c2ccc(N(c3ccccc3)c3ccc(-c4cc(-c5ccccc5)c(-c5ccc(N(c6ccccc6)c6ccc7c8ccccc8n(-c8ccccc8)c7c6)cc5)cc4-c4ccccc4)cc3)cc2)cc1. The van der Waals surface area contributed by atoms with Crippen molar-refractivity contribution in [2.45, 2.75) is 0 Å². The molecule has 0 aliphatic heterocycles. The van der Waals surface area contributed by atoms with Crippen LogP contribution < -0.4 is 9.80 Å². The summed E-state index contributed by atoms with van der Waals surface area (Å²) < 4.78 is 2.39. The maximum absolute atomic E-state index is 2.41. The van der Waals surface area contributed by atoms with Crippen LogP contribution in [0.15, 0.2) is 309 Å². The molecule has 13 aromatic rings. The number of nitrogens with zero attached hydrogens (tertiary/aromatic N) is 3. The van der Waals surface area contributed by atoms with Gasteiger partial charge in [0.15, 0.2) is 0 Å². The topological polar surface area (TPSA) is 11.4 Å². The number of anilines is 6. The third kappa shape index (κ3) is 8.73. The molecule has 354 valence electrons. The Hall–Kier alpha value is -9.96. The molecule has 0 N–H and O–H groups in total. The first-order chi connectivity index (χ1) is 37.2. The minimum absolute atomic E-state index is 1.07. The summed E-state index contributed by atoms with van der Waals surface area (Å²) in [5.41, 5.74) is 21.7. The average molecular weight is 958 g/mol. The van der Waals surface area contributed by atoms with Crippen molar-refractivity contribution in [2.75, 3.05) is 9.80 Å². The van der Waals surface area contributed by atoms with Gasteiger partial charge in [0.25, 0.3) is 0 Å². The van der Waals surface area contributed by atoms with Crippen LogP contribution in [0.3, 0.4) is 0 Å². The normalized spacial score (nSPS) is 11.2. The van der Waals surface area contributed by atoms with Gasteiger partial charge in [0.05, 0.1) is 11.0 Å². The summed E-state index contributed by atoms with van der Waals surface area (Å²) in [4.78, 5) is 4.70. The van der Waals surface area contributed by atoms with Gasteiger partial charge in [-0.15, -0.1) is 0 Å². The summed E-state index contributed by atoms with van der Waals surface area (Å²) in [5, 5.41) is 2.46. The van der Waals surface area contributed by atoms with Gasteiger partial charge in [0, 0.05) is 50.6 Å². The Morgan fingerprint density at radius 1 is 0.200 bits per heavy atom. The third-order valence-corrected chi connectivity index (χ3v) is 14.4. The summed E-state index contributed by atoms with van der Waals surface area (Å²) in [6, 6.07) is 112. The molecule has 75 heavy (non-hydrogen) atoms. The minimum Gasteiger partial charge on any atom is -0.311 e. The Bertz CT molecular complexity index is 4040. The summed E-state index contributed by atoms with van der Waals surface area (Å²) in [6.07, 6.45) is 0. The second-order valence-electron chi connectivity index (χ2n) is 18.9. The van der Waals surface area contributed by atoms with Crippen LogP contribution in [0.2, 0.25) is 0 Å². The third-order valence-electron chi connectivity index (χ3n) is 14.4. The average Bonchev–Trinajstić information content (AvgIpc) is 3.83. The molecule has 0 saturated heterocycles. The van der Waals surface area contributed by atoms with Crippen LogP contribution in [0.5, 0.6) is 0 Å². The lowest BCUT2D eigenvalue weighted by Gasteiger charge is -2.26. The van der Waals surface area contributed by atoms with Crippen LogP contribution in [-0.2, 0) is 0 Å². The van der Waals surface area contributed by atoms with E-state index in [-0.39, 0.29) is 0 Å². The molecule has 12 aromatic carbocycles. The van der Waals surface area contributed by atoms with Crippen molar-refractivity contribution < 1.29 is 0 Å². The number of fused-ring (bicyclic) bond motifs is 3. The predicted molar refractivity (Wildman–Crippen MR) is 317 cm³/mol. The molecule has 0 saturated carbocycles. The second-order valence-corrected chi connectivity index (χ2v) is 18.9. The number of hydrogen-bond donors (Lipinski definition) is 0. The Kier molecular flexibility index (Phi) is 11.9. The summed E-state index contributed by atoms with van der Waals surface area (Å²) in [7, 11) is 0. The first-order valence-corrected chi connectivity index (χ1v) is 25.7. The molecule has 0 fully saturated rings. The fourth-order valence-corrected chi connectivity index (χ4v) is 10.8. The molecule has 0 radical (unpaired) electrons. The zero-order valence-corrected chi connectivity index (χ0v) is 41.3. The molecular weight excluding hydrogens is 907 g/mol. The fraction of sp³-hybridized carbons (Fsp3) is 0. The van der Waals surface area contributed by atoms with Gasteiger partial charge in [-0.2, -0.15) is 0 Å². The maximum Gasteiger partial charge on any atom is 0.0561 e. The van der Waals surface area contributed by atoms with E-state index in [0.29, 0.717) is 0 Å². The van der Waals surface area contributed by atoms with Gasteiger partial charge in [0.2, 0.25) is 0 Å². The van der Waals surface area contributed by atoms with Crippen LogP contribution in [0.25, 0.3) is 83.1 Å². The molecule has 0 bridgehead atoms. The van der Waals surface area contributed by atoms with Gasteiger partial charge in [-0.05, 0) is 159 Å². The molecular formula is C72H51N3. The lowest BCUT2D eigenvalue weighted by molar-refractivity contribution is 1.18. The van der Waals surface area contributed by atoms with Crippen molar-refractivity contribution in [3.63, 3.8) is 0 Å². The Morgan fingerprint density at radius 3 is 0.973 bits per heavy atom. The van der Waals surface area contributed by atoms with Crippen molar-refractivity contribution >= 4 is 55.9 Å². The van der Waals surface area contributed by atoms with Gasteiger partial charge in [-0.3, -0.25) is 0 Å². The molecule has 3 heteroatoms. The van der Waals surface area contributed by atoms with Gasteiger partial charge in [-0.25, -0.2) is 0 Å². The van der Waals surface area contributed by atoms with Crippen molar-refractivity contribution in [3.05, 3.63) is 309 Å². The van der Waals surface area contributed by atoms with E-state index in [9.17, 15) is 0 Å². The zero-order chi connectivity index (χ0) is 49.9. The lowest BCUT2D eigenvalue weighted by atomic mass is 9.85. The highest BCUT2D eigenvalue weighted by atomic mass is 15.1. The molecule has 0 atom stereocenters. The van der Waals surface area contributed by atoms with Crippen LogP contribution in [0, 0.1) is 0 Å². The zero-order valence-electron chi connectivity index (χ0n) is 41.3. The summed E-state index contributed by atoms with van der Waals surface area (Å²) >= 11 is 0. The number of rotatable bonds is 12. The molecule has 3 nitrogen and oxygen atoms in total. The largest absolute Gasteiger partial charge is 0.311 e. The predicted octanol–water partition coefficient (Wildman–Crippen LogP) is 20.1. The number of benzene rings is 12. The van der Waals surface area contributed by atoms with Crippen LogP contribution in [-0.4, -0.2) is 4.57 Å². The maximum atomic E-state index is 2.41. The number of hydrogen-bond acceptors (Lipinski definition) is 2. The molecule has 0 amide bonds. The Balaban J connectivity index is 0.916. The molecule has 0 aliphatic carbocycles. The van der Waals surface area contributed by atoms with Crippen molar-refractivity contribution in [1.29, 1.82) is 0 Å². The van der Waals surface area contributed by atoms with E-state index in [0.717, 1.165) is 67.6 Å². The summed E-state index contributed by atoms with van der Waals surface area (Å²) in [6.45, 7) is 0. The van der Waals surface area contributed by atoms with E-state index in [1.807, 2.05) is 0 Å². The molecule has 0 unspecified atom stereocenters. The van der Waals surface area contributed by atoms with Crippen LogP contribution >= 0.6 is 0 Å². The van der Waals surface area contributed by atoms with E-state index in [2.05, 4.69) is 324 Å². The van der Waals surface area contributed by atoms with E-state index in [1.54, 1.807) is 0 Å². The molecule has 1 heterocycles. The van der Waals surface area contributed by atoms with Gasteiger partial charge >= 0.3 is 0 Å². The number of para-hydroxylation sites is 4. The first-order valence-electron chi connectivity index (χ1n) is 25.7. The Morgan fingerprint density at radius 2 is 0.507 bits per heavy atom. The highest BCUT2D eigenvalue weighted by Crippen LogP contribution is 2.45. The standard InChI is InChI=1S/C72H51N3/c1-7-21-52(22-8-1)53-35-41-61(42-36-53)73(58-27-13-4-14-28-58)62-43-37-56(38-44-62)69-50-68(55-25-11-3-12-26-55)70(51-67(69)54-23-9-2-10-24-54)57-39-45-63(46-40-57)74(59-29-15-5-16-30-59)64-47-48-66-65-33-19-20-34-71(65)75(72(66)49-64)60-31-17-6-18-32-60/h1-51H. The lowest BCUT2D eigenvalue weighted by Crippen LogP contribution is -2.10. The summed E-state index contributed by atoms with van der Waals surface area (Å²) in [5.74, 6) is 0. The number of aromatic nitrogens is 1. The van der Waals surface area contributed by atoms with E-state index < -0.39 is 0 Å². The van der Waals surface area contributed by atoms with Gasteiger partial charge in [-0.1, -0.05) is 206 Å². The smallest absolute Gasteiger partial charge is 0.0561 e. The molecule has 1 aromatic heterocycles. The molecule has 0 aliphatic rings. The Labute approximate surface area is 438 Å². The molecule has 0 spiro atoms. The highest BCUT2D eigenvalue weighted by Gasteiger charge is 2.21. The monoisotopic (exact) mass is 957 g/mol. The van der Waals surface area contributed by atoms with Crippen molar-refractivity contribution in [1.82, 2.24) is 4.57 Å². The quantitative estimate of drug-likeness (QED) is 0.121. The van der Waals surface area contributed by atoms with Gasteiger partial charge in [0.1, 0.15) is 0 Å². The van der Waals surface area contributed by atoms with Crippen molar-refractivity contribution in [3.8, 4) is 61.3 Å². The molecule has 13 rings (SSSR count). The van der Waals surface area contributed by atoms with Crippen molar-refractivity contribution in [2.24, 2.45) is 0 Å². The van der Waals surface area contributed by atoms with E-state index in [4.69, 9.17) is 0 Å². The first kappa shape index (κ1) is 44.9. The fourth-order valence-electron chi connectivity index (χ4n) is 10.8. The van der Waals surface area contributed by atoms with Crippen LogP contribution in [0.1, 0.15) is 0 Å². The van der Waals surface area contributed by atoms with E-state index >= 15 is 0 Å². The minimum atomic E-state index is 1.07. The second kappa shape index (κ2) is 19.9. The van der Waals surface area contributed by atoms with Gasteiger partial charge < -0.3 is 14.4 Å².